The van der Waals surface area contributed by atoms with Crippen LogP contribution in [0.25, 0.3) is 0 Å². The Bertz CT molecular complexity index is 1610. The second kappa shape index (κ2) is 18.3. The molecule has 0 aliphatic carbocycles. The number of rotatable bonds is 17. The Balaban J connectivity index is 1.57. The van der Waals surface area contributed by atoms with E-state index in [1.54, 1.807) is 26.0 Å². The predicted molar refractivity (Wildman–Crippen MR) is 175 cm³/mol. The van der Waals surface area contributed by atoms with Crippen molar-refractivity contribution < 1.29 is 48.0 Å². The molecule has 0 radical (unpaired) electrons. The van der Waals surface area contributed by atoms with Crippen LogP contribution in [0.2, 0.25) is 0 Å². The highest BCUT2D eigenvalue weighted by Gasteiger charge is 2.30. The molecule has 1 aliphatic heterocycles. The van der Waals surface area contributed by atoms with Crippen molar-refractivity contribution in [1.82, 2.24) is 20.9 Å². The normalized spacial score (nSPS) is 13.3. The number of benzene rings is 2. The van der Waals surface area contributed by atoms with Gasteiger partial charge >= 0.3 is 12.2 Å². The second-order valence-electron chi connectivity index (χ2n) is 11.3. The second-order valence-corrected chi connectivity index (χ2v) is 11.3. The fraction of sp³-hybridized carbons (Fsp3) is 0.344. The number of hydrogen-bond acceptors (Lipinski definition) is 11. The number of urea groups is 1. The average molecular weight is 696 g/mol. The average Bonchev–Trinajstić information content (AvgIpc) is 3.39. The van der Waals surface area contributed by atoms with Crippen molar-refractivity contribution in [2.45, 2.75) is 51.8 Å². The van der Waals surface area contributed by atoms with Gasteiger partial charge in [0.1, 0.15) is 24.4 Å². The minimum atomic E-state index is -1.10. The number of primary amides is 1. The van der Waals surface area contributed by atoms with Gasteiger partial charge in [0.05, 0.1) is 4.92 Å². The lowest BCUT2D eigenvalue weighted by molar-refractivity contribution is -0.384. The molecule has 18 heteroatoms. The Labute approximate surface area is 285 Å². The molecule has 1 heterocycles. The van der Waals surface area contributed by atoms with Crippen molar-refractivity contribution in [3.63, 3.8) is 0 Å². The van der Waals surface area contributed by atoms with Crippen molar-refractivity contribution in [3.8, 4) is 5.75 Å². The number of ether oxygens (including phenoxy) is 2. The van der Waals surface area contributed by atoms with Gasteiger partial charge in [0, 0.05) is 49.5 Å². The number of anilines is 1. The SMILES string of the molecule is CC(C)C(NC(=O)CCN1C(=O)C=CC1=O)C(=O)NC(CCCNC(N)=O)C(=O)Nc1ccc(COC(=O)Oc2ccc([N+](=O)[O-])cc2)cc1. The first-order valence-corrected chi connectivity index (χ1v) is 15.4. The van der Waals surface area contributed by atoms with E-state index in [1.165, 1.54) is 36.4 Å². The number of nitro benzene ring substituents is 1. The number of nitrogens with zero attached hydrogens (tertiary/aromatic N) is 2. The quantitative estimate of drug-likeness (QED) is 0.0397. The molecule has 266 valence electrons. The van der Waals surface area contributed by atoms with E-state index in [9.17, 15) is 43.7 Å². The summed E-state index contributed by atoms with van der Waals surface area (Å²) in [7, 11) is 0. The lowest BCUT2D eigenvalue weighted by atomic mass is 10.0. The molecular formula is C32H37N7O11. The number of carbonyl (C=O) groups excluding carboxylic acids is 7. The van der Waals surface area contributed by atoms with E-state index in [0.29, 0.717) is 11.3 Å². The molecule has 2 aromatic rings. The van der Waals surface area contributed by atoms with Crippen LogP contribution in [0.5, 0.6) is 5.75 Å². The van der Waals surface area contributed by atoms with Crippen LogP contribution < -0.4 is 31.7 Å². The summed E-state index contributed by atoms with van der Waals surface area (Å²) in [6, 6.07) is 8.16. The maximum Gasteiger partial charge on any atom is 0.514 e. The molecule has 3 rings (SSSR count). The number of non-ortho nitro benzene ring substituents is 1. The van der Waals surface area contributed by atoms with Gasteiger partial charge in [0.15, 0.2) is 0 Å². The van der Waals surface area contributed by atoms with E-state index in [0.717, 1.165) is 17.1 Å². The molecule has 0 aromatic heterocycles. The number of nitrogens with two attached hydrogens (primary N) is 1. The van der Waals surface area contributed by atoms with Crippen LogP contribution >= 0.6 is 0 Å². The minimum Gasteiger partial charge on any atom is -0.429 e. The van der Waals surface area contributed by atoms with Crippen LogP contribution in [-0.4, -0.2) is 76.7 Å². The third kappa shape index (κ3) is 12.0. The van der Waals surface area contributed by atoms with Gasteiger partial charge in [-0.15, -0.1) is 0 Å². The van der Waals surface area contributed by atoms with Gasteiger partial charge in [-0.3, -0.25) is 39.0 Å². The lowest BCUT2D eigenvalue weighted by Crippen LogP contribution is -2.54. The fourth-order valence-electron chi connectivity index (χ4n) is 4.51. The number of carbonyl (C=O) groups is 7. The summed E-state index contributed by atoms with van der Waals surface area (Å²) in [5.41, 5.74) is 5.82. The third-order valence-corrected chi connectivity index (χ3v) is 7.16. The van der Waals surface area contributed by atoms with E-state index in [-0.39, 0.29) is 50.4 Å². The summed E-state index contributed by atoms with van der Waals surface area (Å²) in [6.45, 7) is 3.15. The fourth-order valence-corrected chi connectivity index (χ4v) is 4.51. The van der Waals surface area contributed by atoms with Gasteiger partial charge < -0.3 is 36.5 Å². The largest absolute Gasteiger partial charge is 0.514 e. The zero-order valence-corrected chi connectivity index (χ0v) is 27.2. The molecule has 2 aromatic carbocycles. The predicted octanol–water partition coefficient (Wildman–Crippen LogP) is 1.64. The Kier molecular flexibility index (Phi) is 13.9. The molecule has 0 spiro atoms. The van der Waals surface area contributed by atoms with Crippen molar-refractivity contribution in [2.24, 2.45) is 11.7 Å². The molecule has 0 fully saturated rings. The van der Waals surface area contributed by atoms with E-state index < -0.39 is 64.6 Å². The first-order valence-electron chi connectivity index (χ1n) is 15.4. The number of nitrogens with one attached hydrogen (secondary N) is 4. The summed E-state index contributed by atoms with van der Waals surface area (Å²) < 4.78 is 10.1. The standard InChI is InChI=1S/C32H37N7O11/c1-19(2)28(37-25(40)15-17-38-26(41)13-14-27(38)42)30(44)36-24(4-3-16-34-31(33)45)29(43)35-21-7-5-20(6-8-21)18-49-32(46)50-23-11-9-22(10-12-23)39(47)48/h5-14,19,24,28H,3-4,15-18H2,1-2H3,(H,35,43)(H,36,44)(H,37,40)(H3,33,34,45). The van der Waals surface area contributed by atoms with Crippen LogP contribution in [-0.2, 0) is 35.3 Å². The van der Waals surface area contributed by atoms with Crippen LogP contribution in [0.4, 0.5) is 21.0 Å². The summed E-state index contributed by atoms with van der Waals surface area (Å²) in [5.74, 6) is -3.26. The van der Waals surface area contributed by atoms with Crippen molar-refractivity contribution >= 4 is 53.1 Å². The summed E-state index contributed by atoms with van der Waals surface area (Å²) in [5, 5.41) is 21.1. The van der Waals surface area contributed by atoms with E-state index in [4.69, 9.17) is 15.2 Å². The van der Waals surface area contributed by atoms with Crippen molar-refractivity contribution in [1.29, 1.82) is 0 Å². The van der Waals surface area contributed by atoms with Crippen LogP contribution in [0.1, 0.15) is 38.7 Å². The molecule has 1 aliphatic rings. The Morgan fingerprint density at radius 3 is 2.14 bits per heavy atom. The van der Waals surface area contributed by atoms with Gasteiger partial charge in [0.2, 0.25) is 17.7 Å². The molecule has 2 atom stereocenters. The highest BCUT2D eigenvalue weighted by Crippen LogP contribution is 2.18. The van der Waals surface area contributed by atoms with E-state index in [2.05, 4.69) is 21.3 Å². The van der Waals surface area contributed by atoms with Crippen molar-refractivity contribution in [3.05, 3.63) is 76.4 Å². The third-order valence-electron chi connectivity index (χ3n) is 7.16. The molecule has 0 saturated carbocycles. The van der Waals surface area contributed by atoms with Crippen LogP contribution in [0.3, 0.4) is 0 Å². The van der Waals surface area contributed by atoms with E-state index >= 15 is 0 Å². The van der Waals surface area contributed by atoms with Gasteiger partial charge in [-0.2, -0.15) is 0 Å². The highest BCUT2D eigenvalue weighted by atomic mass is 16.7. The Morgan fingerprint density at radius 2 is 1.56 bits per heavy atom. The monoisotopic (exact) mass is 695 g/mol. The number of hydrogen-bond donors (Lipinski definition) is 5. The van der Waals surface area contributed by atoms with E-state index in [1.807, 2.05) is 0 Å². The zero-order valence-electron chi connectivity index (χ0n) is 27.2. The molecule has 0 bridgehead atoms. The minimum absolute atomic E-state index is 0.0541. The lowest BCUT2D eigenvalue weighted by Gasteiger charge is -2.25. The molecule has 0 saturated heterocycles. The summed E-state index contributed by atoms with van der Waals surface area (Å²) in [6.07, 6.45) is 1.28. The molecule has 6 N–H and O–H groups in total. The first kappa shape index (κ1) is 38.1. The first-order chi connectivity index (χ1) is 23.7. The smallest absolute Gasteiger partial charge is 0.429 e. The number of nitro groups is 1. The van der Waals surface area contributed by atoms with Crippen LogP contribution in [0, 0.1) is 16.0 Å². The van der Waals surface area contributed by atoms with Crippen molar-refractivity contribution in [2.75, 3.05) is 18.4 Å². The molecule has 50 heavy (non-hydrogen) atoms. The highest BCUT2D eigenvalue weighted by molar-refractivity contribution is 6.13. The Hall–Kier alpha value is -6.33. The number of imide groups is 1. The van der Waals surface area contributed by atoms with Crippen LogP contribution in [0.15, 0.2) is 60.7 Å². The molecular weight excluding hydrogens is 658 g/mol. The van der Waals surface area contributed by atoms with Gasteiger partial charge in [-0.25, -0.2) is 9.59 Å². The maximum absolute atomic E-state index is 13.3. The van der Waals surface area contributed by atoms with Gasteiger partial charge in [0.25, 0.3) is 17.5 Å². The zero-order chi connectivity index (χ0) is 36.8. The molecule has 2 unspecified atom stereocenters. The summed E-state index contributed by atoms with van der Waals surface area (Å²) >= 11 is 0. The topological polar surface area (TPSA) is 258 Å². The molecule has 18 nitrogen and oxygen atoms in total. The molecule has 7 amide bonds. The van der Waals surface area contributed by atoms with Gasteiger partial charge in [-0.1, -0.05) is 26.0 Å². The number of amides is 7. The summed E-state index contributed by atoms with van der Waals surface area (Å²) in [4.78, 5) is 97.0. The maximum atomic E-state index is 13.3. The van der Waals surface area contributed by atoms with Gasteiger partial charge in [-0.05, 0) is 48.6 Å². The Morgan fingerprint density at radius 1 is 0.920 bits per heavy atom.